The zero-order chi connectivity index (χ0) is 33.0. The van der Waals surface area contributed by atoms with Crippen molar-refractivity contribution in [2.24, 2.45) is 0 Å². The van der Waals surface area contributed by atoms with E-state index in [-0.39, 0.29) is 18.8 Å². The summed E-state index contributed by atoms with van der Waals surface area (Å²) in [5.74, 6) is -0.532. The predicted molar refractivity (Wildman–Crippen MR) is 178 cm³/mol. The third-order valence-corrected chi connectivity index (χ3v) is 8.10. The molecule has 1 fully saturated rings. The molecule has 5 rings (SSSR count). The second-order valence-electron chi connectivity index (χ2n) is 11.7. The summed E-state index contributed by atoms with van der Waals surface area (Å²) in [6.07, 6.45) is 2.52. The van der Waals surface area contributed by atoms with Gasteiger partial charge in [0.05, 0.1) is 25.9 Å². The maximum absolute atomic E-state index is 13.0. The number of esters is 1. The Labute approximate surface area is 275 Å². The molecule has 10 heteroatoms. The number of rotatable bonds is 13. The van der Waals surface area contributed by atoms with E-state index in [1.54, 1.807) is 6.07 Å². The number of methoxy groups -OCH3 is 1. The first-order chi connectivity index (χ1) is 22.9. The van der Waals surface area contributed by atoms with Gasteiger partial charge in [0.2, 0.25) is 0 Å². The number of likely N-dealkylation sites (N-methyl/N-ethyl adjacent to an activating group) is 1. The fourth-order valence-corrected chi connectivity index (χ4v) is 5.60. The number of aliphatic hydroxyl groups is 1. The number of nitrogens with zero attached hydrogens (tertiary/aromatic N) is 2. The molecule has 10 nitrogen and oxygen atoms in total. The zero-order valence-electron chi connectivity index (χ0n) is 26.7. The van der Waals surface area contributed by atoms with Crippen LogP contribution in [0.5, 0.6) is 0 Å². The van der Waals surface area contributed by atoms with Gasteiger partial charge in [-0.15, -0.1) is 0 Å². The highest BCUT2D eigenvalue weighted by Crippen LogP contribution is 2.38. The highest BCUT2D eigenvalue weighted by Gasteiger charge is 2.33. The Morgan fingerprint density at radius 1 is 0.957 bits per heavy atom. The minimum Gasteiger partial charge on any atom is -0.467 e. The number of pyridine rings is 1. The van der Waals surface area contributed by atoms with Gasteiger partial charge < -0.3 is 34.9 Å². The highest BCUT2D eigenvalue weighted by molar-refractivity contribution is 5.92. The molecule has 0 radical (unpaired) electrons. The quantitative estimate of drug-likeness (QED) is 0.171. The van der Waals surface area contributed by atoms with Gasteiger partial charge in [0.25, 0.3) is 0 Å². The van der Waals surface area contributed by atoms with E-state index in [0.717, 1.165) is 40.9 Å². The first-order valence-electron chi connectivity index (χ1n) is 15.8. The fraction of sp³-hybridized carbons (Fsp3) is 0.324. The molecule has 1 aliphatic rings. The zero-order valence-corrected chi connectivity index (χ0v) is 26.7. The van der Waals surface area contributed by atoms with Gasteiger partial charge in [0.15, 0.2) is 6.29 Å². The van der Waals surface area contributed by atoms with E-state index in [1.165, 1.54) is 7.11 Å². The van der Waals surface area contributed by atoms with Gasteiger partial charge in [-0.05, 0) is 48.0 Å². The average Bonchev–Trinajstić information content (AvgIpc) is 3.11. The molecular weight excluding hydrogens is 596 g/mol. The molecule has 2 amide bonds. The number of ether oxygens (including phenoxy) is 3. The second-order valence-corrected chi connectivity index (χ2v) is 11.7. The molecule has 3 aromatic carbocycles. The first-order valence-corrected chi connectivity index (χ1v) is 15.8. The van der Waals surface area contributed by atoms with Gasteiger partial charge in [-0.1, -0.05) is 72.8 Å². The van der Waals surface area contributed by atoms with Crippen LogP contribution in [0.2, 0.25) is 0 Å². The summed E-state index contributed by atoms with van der Waals surface area (Å²) in [5, 5.41) is 15.1. The number of nitrogens with one attached hydrogen (secondary N) is 2. The lowest BCUT2D eigenvalue weighted by Crippen LogP contribution is -2.45. The van der Waals surface area contributed by atoms with Crippen LogP contribution in [0.3, 0.4) is 0 Å². The Bertz CT molecular complexity index is 1570. The van der Waals surface area contributed by atoms with Crippen molar-refractivity contribution in [3.63, 3.8) is 0 Å². The van der Waals surface area contributed by atoms with Crippen molar-refractivity contribution >= 4 is 17.7 Å². The van der Waals surface area contributed by atoms with Crippen molar-refractivity contribution in [3.8, 4) is 0 Å². The number of hydrogen-bond acceptors (Lipinski definition) is 8. The van der Waals surface area contributed by atoms with Crippen molar-refractivity contribution in [2.75, 3.05) is 32.6 Å². The molecule has 1 aliphatic heterocycles. The Hall–Kier alpha value is -4.61. The maximum Gasteiger partial charge on any atom is 0.328 e. The van der Waals surface area contributed by atoms with Crippen molar-refractivity contribution in [1.29, 1.82) is 0 Å². The number of anilines is 1. The molecule has 3 N–H and O–H groups in total. The molecule has 4 atom stereocenters. The molecular formula is C37H42N4O6. The molecule has 0 unspecified atom stereocenters. The van der Waals surface area contributed by atoms with Crippen molar-refractivity contribution < 1.29 is 28.9 Å². The average molecular weight is 639 g/mol. The minimum absolute atomic E-state index is 0.0266. The monoisotopic (exact) mass is 638 g/mol. The third kappa shape index (κ3) is 9.94. The van der Waals surface area contributed by atoms with E-state index in [4.69, 9.17) is 14.2 Å². The summed E-state index contributed by atoms with van der Waals surface area (Å²) in [7, 11) is 3.37. The van der Waals surface area contributed by atoms with Crippen molar-refractivity contribution in [1.82, 2.24) is 15.2 Å². The standard InChI is InChI=1S/C37H42N4O6/c1-41(20-18-30-12-6-7-19-38-30)24-32-23-34(28-16-14-27(25-42)15-17-28)47-36(46-32)29-11-8-13-31(22-29)39-37(44)40-33(35(43)45-2)21-26-9-4-3-5-10-26/h3-17,19,22,32-34,36,42H,18,20-21,23-25H2,1-2H3,(H2,39,40,44)/t32-,33+,34+,36+/m1/s1. The summed E-state index contributed by atoms with van der Waals surface area (Å²) in [5.41, 5.74) is 5.03. The number of hydrogen-bond donors (Lipinski definition) is 3. The first kappa shape index (κ1) is 33.7. The molecule has 0 saturated carbocycles. The molecule has 4 aromatic rings. The Morgan fingerprint density at radius 2 is 1.74 bits per heavy atom. The van der Waals surface area contributed by atoms with Crippen LogP contribution in [0, 0.1) is 0 Å². The largest absolute Gasteiger partial charge is 0.467 e. The van der Waals surface area contributed by atoms with E-state index >= 15 is 0 Å². The highest BCUT2D eigenvalue weighted by atomic mass is 16.7. The van der Waals surface area contributed by atoms with Crippen LogP contribution < -0.4 is 10.6 Å². The lowest BCUT2D eigenvalue weighted by atomic mass is 9.99. The van der Waals surface area contributed by atoms with E-state index in [2.05, 4.69) is 27.6 Å². The third-order valence-electron chi connectivity index (χ3n) is 8.10. The number of carbonyl (C=O) groups excluding carboxylic acids is 2. The Balaban J connectivity index is 1.28. The topological polar surface area (TPSA) is 122 Å². The van der Waals surface area contributed by atoms with Gasteiger partial charge in [-0.2, -0.15) is 0 Å². The summed E-state index contributed by atoms with van der Waals surface area (Å²) >= 11 is 0. The molecule has 246 valence electrons. The summed E-state index contributed by atoms with van der Waals surface area (Å²) in [4.78, 5) is 32.2. The minimum atomic E-state index is -0.857. The van der Waals surface area contributed by atoms with Crippen molar-refractivity contribution in [3.05, 3.63) is 131 Å². The summed E-state index contributed by atoms with van der Waals surface area (Å²) in [6.45, 7) is 1.49. The molecule has 0 aliphatic carbocycles. The van der Waals surface area contributed by atoms with Gasteiger partial charge in [0.1, 0.15) is 6.04 Å². The van der Waals surface area contributed by atoms with Crippen molar-refractivity contribution in [2.45, 2.75) is 50.4 Å². The fourth-order valence-electron chi connectivity index (χ4n) is 5.60. The molecule has 2 heterocycles. The molecule has 47 heavy (non-hydrogen) atoms. The van der Waals surface area contributed by atoms with Crippen LogP contribution in [0.4, 0.5) is 10.5 Å². The SMILES string of the molecule is COC(=O)[C@H](Cc1ccccc1)NC(=O)Nc1cccc([C@H]2O[C@@H](CN(C)CCc3ccccn3)C[C@@H](c3ccc(CO)cc3)O2)c1. The molecule has 0 spiro atoms. The van der Waals surface area contributed by atoms with Crippen LogP contribution in [-0.2, 0) is 38.5 Å². The number of amides is 2. The second kappa shape index (κ2) is 16.8. The smallest absolute Gasteiger partial charge is 0.328 e. The van der Waals surface area contributed by atoms with E-state index < -0.39 is 24.3 Å². The number of aliphatic hydroxyl groups excluding tert-OH is 1. The molecule has 0 bridgehead atoms. The van der Waals surface area contributed by atoms with Gasteiger partial charge in [-0.25, -0.2) is 9.59 Å². The Kier molecular flexibility index (Phi) is 12.1. The summed E-state index contributed by atoms with van der Waals surface area (Å²) < 4.78 is 18.0. The van der Waals surface area contributed by atoms with Crippen LogP contribution in [-0.4, -0.2) is 66.4 Å². The van der Waals surface area contributed by atoms with Gasteiger partial charge in [0, 0.05) is 55.5 Å². The predicted octanol–water partition coefficient (Wildman–Crippen LogP) is 5.20. The van der Waals surface area contributed by atoms with Gasteiger partial charge >= 0.3 is 12.0 Å². The van der Waals surface area contributed by atoms with Crippen LogP contribution in [0.25, 0.3) is 0 Å². The lowest BCUT2D eigenvalue weighted by Gasteiger charge is -2.38. The number of urea groups is 1. The van der Waals surface area contributed by atoms with Crippen LogP contribution in [0.1, 0.15) is 46.8 Å². The Morgan fingerprint density at radius 3 is 2.47 bits per heavy atom. The van der Waals surface area contributed by atoms with E-state index in [1.807, 2.05) is 97.2 Å². The van der Waals surface area contributed by atoms with Gasteiger partial charge in [-0.3, -0.25) is 4.98 Å². The maximum atomic E-state index is 13.0. The van der Waals surface area contributed by atoms with Crippen LogP contribution in [0.15, 0.2) is 103 Å². The normalized spacial score (nSPS) is 18.3. The number of aromatic nitrogens is 1. The van der Waals surface area contributed by atoms with Crippen LogP contribution >= 0.6 is 0 Å². The van der Waals surface area contributed by atoms with E-state index in [9.17, 15) is 14.7 Å². The number of carbonyl (C=O) groups is 2. The lowest BCUT2D eigenvalue weighted by molar-refractivity contribution is -0.252. The molecule has 1 aromatic heterocycles. The summed E-state index contributed by atoms with van der Waals surface area (Å²) in [6, 6.07) is 29.1. The number of benzene rings is 3. The van der Waals surface area contributed by atoms with E-state index in [0.29, 0.717) is 25.1 Å². The molecule has 1 saturated heterocycles.